The van der Waals surface area contributed by atoms with Gasteiger partial charge in [-0.25, -0.2) is 0 Å². The molecule has 0 atom stereocenters. The number of allylic oxidation sites excluding steroid dienone is 1. The average Bonchev–Trinajstić information content (AvgIpc) is 2.72. The molecule has 27 heavy (non-hydrogen) atoms. The quantitative estimate of drug-likeness (QED) is 0.582. The van der Waals surface area contributed by atoms with Crippen LogP contribution in [0.1, 0.15) is 11.1 Å². The normalized spacial score (nSPS) is 11.0. The second kappa shape index (κ2) is 8.49. The fraction of sp³-hybridized carbons (Fsp3) is 0.217. The van der Waals surface area contributed by atoms with Crippen LogP contribution in [0.25, 0.3) is 16.8 Å². The molecule has 0 radical (unpaired) electrons. The third-order valence-electron chi connectivity index (χ3n) is 4.45. The molecule has 0 saturated carbocycles. The van der Waals surface area contributed by atoms with Crippen LogP contribution in [0, 0.1) is 0 Å². The van der Waals surface area contributed by atoms with Gasteiger partial charge in [0.05, 0.1) is 28.4 Å². The Labute approximate surface area is 159 Å². The molecule has 0 spiro atoms. The highest BCUT2D eigenvalue weighted by molar-refractivity contribution is 5.89. The van der Waals surface area contributed by atoms with Gasteiger partial charge < -0.3 is 18.9 Å². The van der Waals surface area contributed by atoms with Crippen LogP contribution in [0.2, 0.25) is 0 Å². The fourth-order valence-corrected chi connectivity index (χ4v) is 3.15. The first kappa shape index (κ1) is 18.6. The summed E-state index contributed by atoms with van der Waals surface area (Å²) in [4.78, 5) is 0. The highest BCUT2D eigenvalue weighted by Gasteiger charge is 2.12. The van der Waals surface area contributed by atoms with Crippen molar-refractivity contribution < 1.29 is 18.9 Å². The van der Waals surface area contributed by atoms with Gasteiger partial charge in [0, 0.05) is 5.39 Å². The zero-order valence-corrected chi connectivity index (χ0v) is 16.1. The lowest BCUT2D eigenvalue weighted by Crippen LogP contribution is -1.95. The second-order valence-electron chi connectivity index (χ2n) is 6.08. The molecule has 3 aromatic rings. The van der Waals surface area contributed by atoms with Crippen molar-refractivity contribution in [3.63, 3.8) is 0 Å². The van der Waals surface area contributed by atoms with E-state index in [2.05, 4.69) is 30.3 Å². The Hall–Kier alpha value is -3.14. The Morgan fingerprint density at radius 2 is 1.41 bits per heavy atom. The highest BCUT2D eigenvalue weighted by atomic mass is 16.5. The minimum Gasteiger partial charge on any atom is -0.496 e. The van der Waals surface area contributed by atoms with Gasteiger partial charge in [0.2, 0.25) is 5.75 Å². The van der Waals surface area contributed by atoms with Crippen molar-refractivity contribution >= 4 is 16.8 Å². The van der Waals surface area contributed by atoms with Gasteiger partial charge in [-0.05, 0) is 41.1 Å². The van der Waals surface area contributed by atoms with E-state index in [1.807, 2.05) is 30.3 Å². The molecule has 0 aromatic heterocycles. The number of rotatable bonds is 7. The van der Waals surface area contributed by atoms with Crippen LogP contribution in [-0.2, 0) is 6.42 Å². The number of benzene rings is 3. The Morgan fingerprint density at radius 1 is 0.741 bits per heavy atom. The molecule has 4 nitrogen and oxygen atoms in total. The molecule has 0 aliphatic heterocycles. The predicted molar refractivity (Wildman–Crippen MR) is 109 cm³/mol. The number of fused-ring (bicyclic) bond motifs is 1. The maximum atomic E-state index is 5.55. The van der Waals surface area contributed by atoms with Crippen molar-refractivity contribution in [1.82, 2.24) is 0 Å². The summed E-state index contributed by atoms with van der Waals surface area (Å²) in [5.74, 6) is 2.77. The number of hydrogen-bond donors (Lipinski definition) is 0. The number of hydrogen-bond acceptors (Lipinski definition) is 4. The average molecular weight is 364 g/mol. The maximum Gasteiger partial charge on any atom is 0.203 e. The Morgan fingerprint density at radius 3 is 2.04 bits per heavy atom. The van der Waals surface area contributed by atoms with E-state index in [4.69, 9.17) is 18.9 Å². The molecule has 3 rings (SSSR count). The second-order valence-corrected chi connectivity index (χ2v) is 6.08. The summed E-state index contributed by atoms with van der Waals surface area (Å²) in [7, 11) is 6.54. The minimum atomic E-state index is 0.594. The van der Waals surface area contributed by atoms with Crippen LogP contribution in [0.3, 0.4) is 0 Å². The SMILES string of the molecule is COc1cc(/C=C\Cc2cc(OC)c3ccccc3c2)cc(OC)c1OC. The van der Waals surface area contributed by atoms with Crippen molar-refractivity contribution in [1.29, 1.82) is 0 Å². The summed E-state index contributed by atoms with van der Waals surface area (Å²) in [5, 5.41) is 2.30. The molecule has 0 unspecified atom stereocenters. The van der Waals surface area contributed by atoms with Crippen molar-refractivity contribution in [3.05, 3.63) is 65.7 Å². The minimum absolute atomic E-state index is 0.594. The van der Waals surface area contributed by atoms with Crippen LogP contribution in [0.15, 0.2) is 54.6 Å². The van der Waals surface area contributed by atoms with Crippen LogP contribution in [0.5, 0.6) is 23.0 Å². The van der Waals surface area contributed by atoms with Gasteiger partial charge in [0.1, 0.15) is 5.75 Å². The summed E-state index contributed by atoms with van der Waals surface area (Å²) in [6.07, 6.45) is 4.95. The molecule has 0 heterocycles. The third kappa shape index (κ3) is 4.00. The molecule has 0 aliphatic carbocycles. The van der Waals surface area contributed by atoms with E-state index in [-0.39, 0.29) is 0 Å². The molecule has 3 aromatic carbocycles. The lowest BCUT2D eigenvalue weighted by Gasteiger charge is -2.12. The third-order valence-corrected chi connectivity index (χ3v) is 4.45. The van der Waals surface area contributed by atoms with Gasteiger partial charge in [0.25, 0.3) is 0 Å². The fourth-order valence-electron chi connectivity index (χ4n) is 3.15. The Balaban J connectivity index is 1.86. The van der Waals surface area contributed by atoms with E-state index in [1.54, 1.807) is 28.4 Å². The van der Waals surface area contributed by atoms with Crippen LogP contribution >= 0.6 is 0 Å². The van der Waals surface area contributed by atoms with Gasteiger partial charge in [-0.2, -0.15) is 0 Å². The summed E-state index contributed by atoms with van der Waals surface area (Å²) >= 11 is 0. The van der Waals surface area contributed by atoms with Gasteiger partial charge in [0.15, 0.2) is 11.5 Å². The highest BCUT2D eigenvalue weighted by Crippen LogP contribution is 2.38. The lowest BCUT2D eigenvalue weighted by atomic mass is 10.0. The van der Waals surface area contributed by atoms with Crippen molar-refractivity contribution in [2.24, 2.45) is 0 Å². The van der Waals surface area contributed by atoms with E-state index < -0.39 is 0 Å². The Kier molecular flexibility index (Phi) is 5.87. The van der Waals surface area contributed by atoms with E-state index in [1.165, 1.54) is 10.9 Å². The van der Waals surface area contributed by atoms with Crippen molar-refractivity contribution in [2.45, 2.75) is 6.42 Å². The molecule has 0 N–H and O–H groups in total. The Bertz CT molecular complexity index is 935. The van der Waals surface area contributed by atoms with Gasteiger partial charge in [-0.1, -0.05) is 42.5 Å². The van der Waals surface area contributed by atoms with Gasteiger partial charge in [-0.3, -0.25) is 0 Å². The molecule has 0 amide bonds. The summed E-state index contributed by atoms with van der Waals surface area (Å²) in [6, 6.07) is 16.4. The largest absolute Gasteiger partial charge is 0.496 e. The molecular weight excluding hydrogens is 340 g/mol. The predicted octanol–water partition coefficient (Wildman–Crippen LogP) is 5.13. The first-order chi connectivity index (χ1) is 13.2. The molecule has 0 bridgehead atoms. The number of methoxy groups -OCH3 is 4. The molecule has 0 aliphatic rings. The zero-order chi connectivity index (χ0) is 19.2. The molecular formula is C23H24O4. The summed E-state index contributed by atoms with van der Waals surface area (Å²) in [5.41, 5.74) is 2.17. The van der Waals surface area contributed by atoms with Crippen LogP contribution < -0.4 is 18.9 Å². The van der Waals surface area contributed by atoms with Crippen LogP contribution in [0.4, 0.5) is 0 Å². The zero-order valence-electron chi connectivity index (χ0n) is 16.1. The van der Waals surface area contributed by atoms with E-state index in [0.29, 0.717) is 17.2 Å². The van der Waals surface area contributed by atoms with E-state index in [9.17, 15) is 0 Å². The van der Waals surface area contributed by atoms with Crippen molar-refractivity contribution in [2.75, 3.05) is 28.4 Å². The standard InChI is InChI=1S/C23H24O4/c1-24-20-13-16(12-18-10-5-6-11-19(18)20)8-7-9-17-14-21(25-2)23(27-4)22(15-17)26-3/h5-7,9-15H,8H2,1-4H3/b9-7-. The summed E-state index contributed by atoms with van der Waals surface area (Å²) < 4.78 is 21.7. The topological polar surface area (TPSA) is 36.9 Å². The lowest BCUT2D eigenvalue weighted by molar-refractivity contribution is 0.324. The van der Waals surface area contributed by atoms with Gasteiger partial charge >= 0.3 is 0 Å². The summed E-state index contributed by atoms with van der Waals surface area (Å²) in [6.45, 7) is 0. The number of ether oxygens (including phenoxy) is 4. The molecule has 0 fully saturated rings. The van der Waals surface area contributed by atoms with E-state index in [0.717, 1.165) is 23.1 Å². The van der Waals surface area contributed by atoms with E-state index >= 15 is 0 Å². The monoisotopic (exact) mass is 364 g/mol. The maximum absolute atomic E-state index is 5.55. The molecule has 140 valence electrons. The molecule has 4 heteroatoms. The smallest absolute Gasteiger partial charge is 0.203 e. The first-order valence-corrected chi connectivity index (χ1v) is 8.72. The van der Waals surface area contributed by atoms with Crippen molar-refractivity contribution in [3.8, 4) is 23.0 Å². The van der Waals surface area contributed by atoms with Crippen LogP contribution in [-0.4, -0.2) is 28.4 Å². The van der Waals surface area contributed by atoms with Gasteiger partial charge in [-0.15, -0.1) is 0 Å². The first-order valence-electron chi connectivity index (χ1n) is 8.72. The molecule has 0 saturated heterocycles.